The van der Waals surface area contributed by atoms with Gasteiger partial charge in [-0.15, -0.1) is 13.2 Å². The molecule has 0 N–H and O–H groups in total. The molecule has 0 spiro atoms. The maximum Gasteiger partial charge on any atom is 0.522 e. The molecule has 0 saturated heterocycles. The zero-order valence-corrected chi connectivity index (χ0v) is 18.9. The van der Waals surface area contributed by atoms with Crippen LogP contribution in [0.2, 0.25) is 0 Å². The first-order chi connectivity index (χ1) is 14.8. The number of benzene rings is 1. The Hall–Kier alpha value is -1.56. The topological polar surface area (TPSA) is 35.5 Å². The summed E-state index contributed by atoms with van der Waals surface area (Å²) >= 11 is 0. The van der Waals surface area contributed by atoms with Gasteiger partial charge in [0, 0.05) is 0 Å². The molecule has 2 rings (SSSR count). The summed E-state index contributed by atoms with van der Waals surface area (Å²) < 4.78 is 46.0. The van der Waals surface area contributed by atoms with Gasteiger partial charge in [-0.3, -0.25) is 9.53 Å². The molecule has 0 radical (unpaired) electrons. The molecule has 3 nitrogen and oxygen atoms in total. The van der Waals surface area contributed by atoms with Gasteiger partial charge in [-0.1, -0.05) is 44.0 Å². The fourth-order valence-electron chi connectivity index (χ4n) is 4.48. The second-order valence-corrected chi connectivity index (χ2v) is 8.70. The summed E-state index contributed by atoms with van der Waals surface area (Å²) in [6.45, 7) is 3.36. The molecule has 1 aromatic rings. The maximum absolute atomic E-state index is 12.4. The summed E-state index contributed by atoms with van der Waals surface area (Å²) in [5, 5.41) is 0. The number of carbonyl (C=O) groups excluding carboxylic acids is 1. The molecule has 1 aliphatic rings. The van der Waals surface area contributed by atoms with Gasteiger partial charge in [-0.25, -0.2) is 0 Å². The van der Waals surface area contributed by atoms with Crippen molar-refractivity contribution >= 4 is 5.97 Å². The van der Waals surface area contributed by atoms with E-state index in [-0.39, 0.29) is 6.61 Å². The van der Waals surface area contributed by atoms with Crippen LogP contribution in [-0.4, -0.2) is 25.5 Å². The number of esters is 1. The van der Waals surface area contributed by atoms with Crippen molar-refractivity contribution in [1.29, 1.82) is 0 Å². The highest BCUT2D eigenvalue weighted by molar-refractivity contribution is 5.72. The van der Waals surface area contributed by atoms with Crippen LogP contribution >= 0.6 is 0 Å². The molecule has 1 saturated carbocycles. The van der Waals surface area contributed by atoms with Crippen molar-refractivity contribution < 1.29 is 27.4 Å². The molecule has 1 aliphatic carbocycles. The van der Waals surface area contributed by atoms with E-state index in [4.69, 9.17) is 4.74 Å². The largest absolute Gasteiger partial charge is 0.522 e. The quantitative estimate of drug-likeness (QED) is 0.254. The molecule has 1 unspecified atom stereocenters. The molecule has 0 heterocycles. The highest BCUT2D eigenvalue weighted by atomic mass is 19.4. The summed E-state index contributed by atoms with van der Waals surface area (Å²) in [7, 11) is 0. The van der Waals surface area contributed by atoms with Crippen LogP contribution in [0.15, 0.2) is 24.3 Å². The minimum Gasteiger partial charge on any atom is -0.466 e. The number of halogens is 3. The second kappa shape index (κ2) is 13.1. The average molecular weight is 443 g/mol. The van der Waals surface area contributed by atoms with Gasteiger partial charge < -0.3 is 4.74 Å². The minimum absolute atomic E-state index is 0.157. The van der Waals surface area contributed by atoms with Gasteiger partial charge in [0.1, 0.15) is 0 Å². The second-order valence-electron chi connectivity index (χ2n) is 8.70. The van der Waals surface area contributed by atoms with Crippen molar-refractivity contribution in [2.45, 2.75) is 90.3 Å². The molecule has 1 atom stereocenters. The van der Waals surface area contributed by atoms with Gasteiger partial charge in [0.2, 0.25) is 0 Å². The van der Waals surface area contributed by atoms with Crippen LogP contribution in [0.4, 0.5) is 13.2 Å². The Balaban J connectivity index is 1.78. The summed E-state index contributed by atoms with van der Waals surface area (Å²) in [6.07, 6.45) is 5.51. The molecule has 0 aliphatic heterocycles. The van der Waals surface area contributed by atoms with Crippen LogP contribution in [0.25, 0.3) is 0 Å². The highest BCUT2D eigenvalue weighted by Gasteiger charge is 2.33. The Morgan fingerprint density at radius 3 is 2.32 bits per heavy atom. The third kappa shape index (κ3) is 9.63. The number of ether oxygens (including phenoxy) is 2. The Morgan fingerprint density at radius 1 is 1.06 bits per heavy atom. The summed E-state index contributed by atoms with van der Waals surface area (Å²) in [5.41, 5.74) is 2.79. The normalized spacial score (nSPS) is 20.4. The van der Waals surface area contributed by atoms with E-state index in [0.717, 1.165) is 38.5 Å². The van der Waals surface area contributed by atoms with Gasteiger partial charge >= 0.3 is 12.3 Å². The predicted molar refractivity (Wildman–Crippen MR) is 116 cm³/mol. The third-order valence-corrected chi connectivity index (χ3v) is 6.36. The van der Waals surface area contributed by atoms with Crippen molar-refractivity contribution in [2.75, 3.05) is 13.2 Å². The SMILES string of the molecule is CCCCCc1ccc(C2CCC(CCC(COC(F)(F)F)C(=O)OCC)CC2)cc1. The Bertz CT molecular complexity index is 634. The molecule has 1 aromatic carbocycles. The van der Waals surface area contributed by atoms with Crippen LogP contribution in [0.3, 0.4) is 0 Å². The van der Waals surface area contributed by atoms with Gasteiger partial charge in [0.15, 0.2) is 0 Å². The van der Waals surface area contributed by atoms with Crippen molar-refractivity contribution in [1.82, 2.24) is 0 Å². The van der Waals surface area contributed by atoms with Gasteiger partial charge in [-0.2, -0.15) is 0 Å². The zero-order chi connectivity index (χ0) is 22.7. The van der Waals surface area contributed by atoms with E-state index in [1.54, 1.807) is 6.92 Å². The Labute approximate surface area is 184 Å². The molecule has 31 heavy (non-hydrogen) atoms. The van der Waals surface area contributed by atoms with E-state index in [2.05, 4.69) is 35.9 Å². The van der Waals surface area contributed by atoms with Gasteiger partial charge in [-0.05, 0) is 81.3 Å². The van der Waals surface area contributed by atoms with Crippen molar-refractivity contribution in [2.24, 2.45) is 11.8 Å². The number of aryl methyl sites for hydroxylation is 1. The van der Waals surface area contributed by atoms with E-state index >= 15 is 0 Å². The lowest BCUT2D eigenvalue weighted by Crippen LogP contribution is -2.27. The fraction of sp³-hybridized carbons (Fsp3) is 0.720. The predicted octanol–water partition coefficient (Wildman–Crippen LogP) is 7.19. The van der Waals surface area contributed by atoms with Crippen LogP contribution in [0, 0.1) is 11.8 Å². The first-order valence-electron chi connectivity index (χ1n) is 11.8. The molecule has 0 aromatic heterocycles. The maximum atomic E-state index is 12.4. The van der Waals surface area contributed by atoms with E-state index in [1.165, 1.54) is 30.4 Å². The van der Waals surface area contributed by atoms with Gasteiger partial charge in [0.25, 0.3) is 0 Å². The minimum atomic E-state index is -4.73. The Morgan fingerprint density at radius 2 is 1.74 bits per heavy atom. The van der Waals surface area contributed by atoms with Crippen LogP contribution in [0.1, 0.15) is 88.7 Å². The van der Waals surface area contributed by atoms with E-state index in [1.807, 2.05) is 0 Å². The smallest absolute Gasteiger partial charge is 0.466 e. The van der Waals surface area contributed by atoms with Crippen molar-refractivity contribution in [3.05, 3.63) is 35.4 Å². The zero-order valence-electron chi connectivity index (χ0n) is 18.9. The van der Waals surface area contributed by atoms with E-state index in [9.17, 15) is 18.0 Å². The molecular formula is C25H37F3O3. The lowest BCUT2D eigenvalue weighted by Gasteiger charge is -2.29. The fourth-order valence-corrected chi connectivity index (χ4v) is 4.48. The number of alkyl halides is 3. The number of hydrogen-bond donors (Lipinski definition) is 0. The molecule has 176 valence electrons. The molecule has 1 fully saturated rings. The van der Waals surface area contributed by atoms with Crippen LogP contribution < -0.4 is 0 Å². The van der Waals surface area contributed by atoms with Gasteiger partial charge in [0.05, 0.1) is 19.1 Å². The van der Waals surface area contributed by atoms with Crippen molar-refractivity contribution in [3.8, 4) is 0 Å². The standard InChI is InChI=1S/C25H37F3O3/c1-3-5-6-7-19-8-13-21(14-9-19)22-15-10-20(11-16-22)12-17-23(24(29)30-4-2)18-31-25(26,27)28/h8-9,13-14,20,22-23H,3-7,10-12,15-18H2,1-2H3. The molecule has 6 heteroatoms. The first kappa shape index (κ1) is 25.7. The molecular weight excluding hydrogens is 405 g/mol. The lowest BCUT2D eigenvalue weighted by molar-refractivity contribution is -0.328. The molecule has 0 amide bonds. The first-order valence-corrected chi connectivity index (χ1v) is 11.8. The summed E-state index contributed by atoms with van der Waals surface area (Å²) in [6, 6.07) is 9.03. The number of hydrogen-bond acceptors (Lipinski definition) is 3. The average Bonchev–Trinajstić information content (AvgIpc) is 2.74. The van der Waals surface area contributed by atoms with E-state index < -0.39 is 24.9 Å². The number of unbranched alkanes of at least 4 members (excludes halogenated alkanes) is 2. The molecule has 0 bridgehead atoms. The third-order valence-electron chi connectivity index (χ3n) is 6.36. The Kier molecular flexibility index (Phi) is 10.9. The van der Waals surface area contributed by atoms with Crippen LogP contribution in [-0.2, 0) is 20.7 Å². The summed E-state index contributed by atoms with van der Waals surface area (Å²) in [5.74, 6) is -0.471. The monoisotopic (exact) mass is 442 g/mol. The summed E-state index contributed by atoms with van der Waals surface area (Å²) in [4.78, 5) is 12.0. The highest BCUT2D eigenvalue weighted by Crippen LogP contribution is 2.38. The number of carbonyl (C=O) groups is 1. The number of rotatable bonds is 12. The van der Waals surface area contributed by atoms with Crippen LogP contribution in [0.5, 0.6) is 0 Å². The lowest BCUT2D eigenvalue weighted by atomic mass is 9.76. The van der Waals surface area contributed by atoms with E-state index in [0.29, 0.717) is 18.3 Å². The van der Waals surface area contributed by atoms with Crippen molar-refractivity contribution in [3.63, 3.8) is 0 Å².